The molecular weight excluding hydrogens is 215 g/mol. The Morgan fingerprint density at radius 2 is 2.35 bits per heavy atom. The zero-order valence-electron chi connectivity index (χ0n) is 10.1. The molecule has 2 rings (SSSR count). The topological polar surface area (TPSA) is 27.0 Å². The van der Waals surface area contributed by atoms with Crippen LogP contribution in [0.3, 0.4) is 0 Å². The molecule has 1 aliphatic rings. The van der Waals surface area contributed by atoms with E-state index in [0.29, 0.717) is 17.2 Å². The Morgan fingerprint density at radius 1 is 1.53 bits per heavy atom. The van der Waals surface area contributed by atoms with E-state index in [-0.39, 0.29) is 5.82 Å². The maximum absolute atomic E-state index is 13.9. The highest BCUT2D eigenvalue weighted by atomic mass is 19.1. The highest BCUT2D eigenvalue weighted by molar-refractivity contribution is 5.51. The van der Waals surface area contributed by atoms with Crippen molar-refractivity contribution in [3.63, 3.8) is 0 Å². The quantitative estimate of drug-likeness (QED) is 0.782. The lowest BCUT2D eigenvalue weighted by Crippen LogP contribution is -2.35. The molecule has 1 unspecified atom stereocenters. The third kappa shape index (κ3) is 2.58. The Bertz CT molecular complexity index is 436. The van der Waals surface area contributed by atoms with Crippen molar-refractivity contribution in [1.82, 2.24) is 0 Å². The average molecular weight is 232 g/mol. The molecule has 17 heavy (non-hydrogen) atoms. The Labute approximate surface area is 102 Å². The maximum Gasteiger partial charge on any atom is 0.147 e. The molecule has 0 aromatic heterocycles. The number of hydrogen-bond donors (Lipinski definition) is 0. The van der Waals surface area contributed by atoms with Gasteiger partial charge in [-0.25, -0.2) is 4.39 Å². The van der Waals surface area contributed by atoms with Gasteiger partial charge in [-0.2, -0.15) is 5.26 Å². The summed E-state index contributed by atoms with van der Waals surface area (Å²) in [5, 5.41) is 8.71. The van der Waals surface area contributed by atoms with Gasteiger partial charge in [0, 0.05) is 13.1 Å². The van der Waals surface area contributed by atoms with Crippen LogP contribution in [0.15, 0.2) is 18.2 Å². The second-order valence-corrected chi connectivity index (χ2v) is 4.64. The van der Waals surface area contributed by atoms with Gasteiger partial charge in [0.15, 0.2) is 0 Å². The number of rotatable bonds is 2. The molecule has 0 N–H and O–H groups in total. The number of halogens is 1. The van der Waals surface area contributed by atoms with Crippen molar-refractivity contribution in [1.29, 1.82) is 5.26 Å². The van der Waals surface area contributed by atoms with Crippen LogP contribution in [0.1, 0.15) is 31.7 Å². The third-order valence-electron chi connectivity index (χ3n) is 3.51. The molecule has 0 aliphatic carbocycles. The molecule has 1 atom stereocenters. The Hall–Kier alpha value is -1.56. The van der Waals surface area contributed by atoms with E-state index in [1.807, 2.05) is 6.07 Å². The lowest BCUT2D eigenvalue weighted by atomic mass is 9.95. The van der Waals surface area contributed by atoms with Gasteiger partial charge in [0.2, 0.25) is 0 Å². The summed E-state index contributed by atoms with van der Waals surface area (Å²) in [7, 11) is 0. The molecule has 90 valence electrons. The van der Waals surface area contributed by atoms with Crippen LogP contribution in [0.2, 0.25) is 0 Å². The minimum absolute atomic E-state index is 0.277. The van der Waals surface area contributed by atoms with Gasteiger partial charge in [-0.3, -0.25) is 0 Å². The molecule has 1 fully saturated rings. The van der Waals surface area contributed by atoms with Gasteiger partial charge in [0.25, 0.3) is 0 Å². The molecule has 3 heteroatoms. The fourth-order valence-electron chi connectivity index (χ4n) is 2.45. The first kappa shape index (κ1) is 11.9. The molecule has 0 radical (unpaired) electrons. The van der Waals surface area contributed by atoms with Crippen LogP contribution in [0.5, 0.6) is 0 Å². The third-order valence-corrected chi connectivity index (χ3v) is 3.51. The summed E-state index contributed by atoms with van der Waals surface area (Å²) < 4.78 is 13.9. The standard InChI is InChI=1S/C14H17FN2/c1-2-11-4-3-7-17(10-11)14-6-5-12(9-16)8-13(14)15/h5-6,8,11H,2-4,7,10H2,1H3. The Morgan fingerprint density at radius 3 is 3.00 bits per heavy atom. The van der Waals surface area contributed by atoms with E-state index < -0.39 is 0 Å². The zero-order chi connectivity index (χ0) is 12.3. The molecule has 0 spiro atoms. The molecular formula is C14H17FN2. The zero-order valence-corrected chi connectivity index (χ0v) is 10.1. The smallest absolute Gasteiger partial charge is 0.147 e. The van der Waals surface area contributed by atoms with Crippen molar-refractivity contribution in [2.75, 3.05) is 18.0 Å². The molecule has 1 saturated heterocycles. The number of nitriles is 1. The molecule has 0 bridgehead atoms. The Kier molecular flexibility index (Phi) is 3.63. The van der Waals surface area contributed by atoms with E-state index in [0.717, 1.165) is 25.9 Å². The van der Waals surface area contributed by atoms with Crippen molar-refractivity contribution in [3.8, 4) is 6.07 Å². The first-order valence-electron chi connectivity index (χ1n) is 6.19. The number of piperidine rings is 1. The largest absolute Gasteiger partial charge is 0.369 e. The second-order valence-electron chi connectivity index (χ2n) is 4.64. The van der Waals surface area contributed by atoms with Crippen molar-refractivity contribution in [2.45, 2.75) is 26.2 Å². The summed E-state index contributed by atoms with van der Waals surface area (Å²) in [6.45, 7) is 4.03. The molecule has 1 heterocycles. The highest BCUT2D eigenvalue weighted by Crippen LogP contribution is 2.27. The van der Waals surface area contributed by atoms with Gasteiger partial charge in [-0.1, -0.05) is 13.3 Å². The van der Waals surface area contributed by atoms with Gasteiger partial charge in [0.1, 0.15) is 5.82 Å². The first-order chi connectivity index (χ1) is 8.24. The normalized spacial score (nSPS) is 20.1. The molecule has 1 aromatic carbocycles. The van der Waals surface area contributed by atoms with Crippen LogP contribution in [0.25, 0.3) is 0 Å². The SMILES string of the molecule is CCC1CCCN(c2ccc(C#N)cc2F)C1. The summed E-state index contributed by atoms with van der Waals surface area (Å²) in [6.07, 6.45) is 3.51. The summed E-state index contributed by atoms with van der Waals surface area (Å²) in [6, 6.07) is 6.70. The minimum atomic E-state index is -0.277. The van der Waals surface area contributed by atoms with Crippen LogP contribution < -0.4 is 4.90 Å². The van der Waals surface area contributed by atoms with E-state index in [1.54, 1.807) is 12.1 Å². The van der Waals surface area contributed by atoms with Crippen molar-refractivity contribution in [3.05, 3.63) is 29.6 Å². The summed E-state index contributed by atoms with van der Waals surface area (Å²) >= 11 is 0. The number of hydrogen-bond acceptors (Lipinski definition) is 2. The second kappa shape index (κ2) is 5.18. The maximum atomic E-state index is 13.9. The first-order valence-corrected chi connectivity index (χ1v) is 6.19. The van der Waals surface area contributed by atoms with E-state index >= 15 is 0 Å². The van der Waals surface area contributed by atoms with Crippen LogP contribution in [0, 0.1) is 23.1 Å². The summed E-state index contributed by atoms with van der Waals surface area (Å²) in [5.74, 6) is 0.389. The van der Waals surface area contributed by atoms with E-state index in [4.69, 9.17) is 5.26 Å². The van der Waals surface area contributed by atoms with Gasteiger partial charge in [-0.15, -0.1) is 0 Å². The van der Waals surface area contributed by atoms with Crippen molar-refractivity contribution in [2.24, 2.45) is 5.92 Å². The molecule has 2 nitrogen and oxygen atoms in total. The van der Waals surface area contributed by atoms with Crippen molar-refractivity contribution < 1.29 is 4.39 Å². The van der Waals surface area contributed by atoms with E-state index in [2.05, 4.69) is 11.8 Å². The average Bonchev–Trinajstić information content (AvgIpc) is 2.38. The van der Waals surface area contributed by atoms with Crippen molar-refractivity contribution >= 4 is 5.69 Å². The van der Waals surface area contributed by atoms with Gasteiger partial charge >= 0.3 is 0 Å². The van der Waals surface area contributed by atoms with Crippen LogP contribution in [-0.4, -0.2) is 13.1 Å². The summed E-state index contributed by atoms with van der Waals surface area (Å²) in [4.78, 5) is 2.11. The molecule has 0 amide bonds. The number of benzene rings is 1. The summed E-state index contributed by atoms with van der Waals surface area (Å²) in [5.41, 5.74) is 1.03. The molecule has 1 aromatic rings. The lowest BCUT2D eigenvalue weighted by Gasteiger charge is -2.34. The van der Waals surface area contributed by atoms with Crippen LogP contribution in [0.4, 0.5) is 10.1 Å². The lowest BCUT2D eigenvalue weighted by molar-refractivity contribution is 0.401. The highest BCUT2D eigenvalue weighted by Gasteiger charge is 2.20. The fraction of sp³-hybridized carbons (Fsp3) is 0.500. The predicted molar refractivity (Wildman–Crippen MR) is 66.3 cm³/mol. The van der Waals surface area contributed by atoms with Gasteiger partial charge in [0.05, 0.1) is 17.3 Å². The number of nitrogens with zero attached hydrogens (tertiary/aromatic N) is 2. The van der Waals surface area contributed by atoms with E-state index in [1.165, 1.54) is 12.5 Å². The monoisotopic (exact) mass is 232 g/mol. The van der Waals surface area contributed by atoms with Crippen LogP contribution in [-0.2, 0) is 0 Å². The fourth-order valence-corrected chi connectivity index (χ4v) is 2.45. The molecule has 0 saturated carbocycles. The van der Waals surface area contributed by atoms with Gasteiger partial charge < -0.3 is 4.90 Å². The Balaban J connectivity index is 2.19. The minimum Gasteiger partial charge on any atom is -0.369 e. The number of anilines is 1. The molecule has 1 aliphatic heterocycles. The van der Waals surface area contributed by atoms with Gasteiger partial charge in [-0.05, 0) is 37.0 Å². The van der Waals surface area contributed by atoms with Crippen LogP contribution >= 0.6 is 0 Å². The predicted octanol–water partition coefficient (Wildman–Crippen LogP) is 3.32. The van der Waals surface area contributed by atoms with E-state index in [9.17, 15) is 4.39 Å².